The van der Waals surface area contributed by atoms with Gasteiger partial charge in [0.2, 0.25) is 0 Å². The molecule has 140 valence electrons. The van der Waals surface area contributed by atoms with Crippen molar-refractivity contribution in [1.82, 2.24) is 9.88 Å². The molecule has 1 aromatic heterocycles. The number of anilines is 1. The molecular weight excluding hydrogens is 415 g/mol. The summed E-state index contributed by atoms with van der Waals surface area (Å²) in [7, 11) is 0. The summed E-state index contributed by atoms with van der Waals surface area (Å²) in [6, 6.07) is 6.90. The Kier molecular flexibility index (Phi) is 4.92. The second-order valence-corrected chi connectivity index (χ2v) is 7.99. The van der Waals surface area contributed by atoms with Crippen LogP contribution < -0.4 is 4.90 Å². The average Bonchev–Trinajstić information content (AvgIpc) is 3.07. The Morgan fingerprint density at radius 1 is 1.07 bits per heavy atom. The summed E-state index contributed by atoms with van der Waals surface area (Å²) in [5, 5.41) is 1.42. The van der Waals surface area contributed by atoms with Gasteiger partial charge in [-0.25, -0.2) is 13.8 Å². The molecule has 1 aliphatic rings. The first-order chi connectivity index (χ1) is 12.9. The average molecular weight is 428 g/mol. The van der Waals surface area contributed by atoms with Gasteiger partial charge in [0.05, 0.1) is 15.3 Å². The van der Waals surface area contributed by atoms with E-state index in [1.165, 1.54) is 17.4 Å². The third kappa shape index (κ3) is 3.59. The van der Waals surface area contributed by atoms with Gasteiger partial charge < -0.3 is 9.80 Å². The lowest BCUT2D eigenvalue weighted by Crippen LogP contribution is -2.48. The van der Waals surface area contributed by atoms with E-state index >= 15 is 0 Å². The fourth-order valence-electron chi connectivity index (χ4n) is 3.01. The maximum Gasteiger partial charge on any atom is 0.255 e. The summed E-state index contributed by atoms with van der Waals surface area (Å²) in [4.78, 5) is 20.7. The van der Waals surface area contributed by atoms with E-state index < -0.39 is 11.6 Å². The standard InChI is InChI=1S/C18H13Cl2F2N3OS/c19-10-1-2-13(20)12(7-10)17(26)24-3-5-25(6-4-24)18-23-16-14(22)8-11(21)9-15(16)27-18/h1-2,7-9H,3-6H2. The van der Waals surface area contributed by atoms with E-state index in [4.69, 9.17) is 23.2 Å². The first-order valence-electron chi connectivity index (χ1n) is 8.17. The number of amides is 1. The summed E-state index contributed by atoms with van der Waals surface area (Å²) in [5.74, 6) is -1.47. The van der Waals surface area contributed by atoms with Crippen molar-refractivity contribution in [3.63, 3.8) is 0 Å². The second kappa shape index (κ2) is 7.22. The van der Waals surface area contributed by atoms with Crippen molar-refractivity contribution in [3.8, 4) is 0 Å². The first-order valence-corrected chi connectivity index (χ1v) is 9.74. The largest absolute Gasteiger partial charge is 0.345 e. The van der Waals surface area contributed by atoms with Gasteiger partial charge in [0.1, 0.15) is 11.3 Å². The highest BCUT2D eigenvalue weighted by Crippen LogP contribution is 2.32. The lowest BCUT2D eigenvalue weighted by Gasteiger charge is -2.34. The number of benzene rings is 2. The van der Waals surface area contributed by atoms with Crippen molar-refractivity contribution in [2.45, 2.75) is 0 Å². The molecule has 0 atom stereocenters. The number of thiazole rings is 1. The van der Waals surface area contributed by atoms with Gasteiger partial charge in [-0.2, -0.15) is 0 Å². The smallest absolute Gasteiger partial charge is 0.255 e. The fraction of sp³-hybridized carbons (Fsp3) is 0.222. The van der Waals surface area contributed by atoms with Crippen LogP contribution in [0.25, 0.3) is 10.2 Å². The molecule has 2 aromatic carbocycles. The van der Waals surface area contributed by atoms with Gasteiger partial charge in [-0.15, -0.1) is 0 Å². The van der Waals surface area contributed by atoms with Crippen molar-refractivity contribution in [2.75, 3.05) is 31.1 Å². The van der Waals surface area contributed by atoms with Crippen molar-refractivity contribution in [1.29, 1.82) is 0 Å². The topological polar surface area (TPSA) is 36.4 Å². The molecule has 1 amide bonds. The SMILES string of the molecule is O=C(c1cc(Cl)ccc1Cl)N1CCN(c2nc3c(F)cc(F)cc3s2)CC1. The van der Waals surface area contributed by atoms with Crippen LogP contribution in [0.1, 0.15) is 10.4 Å². The minimum atomic E-state index is -0.670. The molecule has 27 heavy (non-hydrogen) atoms. The zero-order chi connectivity index (χ0) is 19.1. The Morgan fingerprint density at radius 3 is 2.56 bits per heavy atom. The third-order valence-electron chi connectivity index (χ3n) is 4.40. The molecule has 1 aliphatic heterocycles. The number of nitrogens with zero attached hydrogens (tertiary/aromatic N) is 3. The van der Waals surface area contributed by atoms with Gasteiger partial charge in [-0.05, 0) is 24.3 Å². The lowest BCUT2D eigenvalue weighted by molar-refractivity contribution is 0.0747. The van der Waals surface area contributed by atoms with E-state index in [0.29, 0.717) is 51.6 Å². The number of carbonyl (C=O) groups excluding carboxylic acids is 1. The number of hydrogen-bond donors (Lipinski definition) is 0. The van der Waals surface area contributed by atoms with Crippen LogP contribution in [0.3, 0.4) is 0 Å². The van der Waals surface area contributed by atoms with E-state index in [1.54, 1.807) is 23.1 Å². The Labute approximate surface area is 167 Å². The molecule has 0 N–H and O–H groups in total. The van der Waals surface area contributed by atoms with Crippen LogP contribution in [0.5, 0.6) is 0 Å². The summed E-state index contributed by atoms with van der Waals surface area (Å²) in [6.07, 6.45) is 0. The minimum absolute atomic E-state index is 0.167. The highest BCUT2D eigenvalue weighted by atomic mass is 35.5. The molecule has 0 unspecified atom stereocenters. The van der Waals surface area contributed by atoms with Crippen molar-refractivity contribution in [2.24, 2.45) is 0 Å². The summed E-state index contributed by atoms with van der Waals surface area (Å²) in [5.41, 5.74) is 0.538. The molecular formula is C18H13Cl2F2N3OS. The maximum absolute atomic E-state index is 13.9. The number of fused-ring (bicyclic) bond motifs is 1. The van der Waals surface area contributed by atoms with Crippen LogP contribution in [0.4, 0.5) is 13.9 Å². The molecule has 0 saturated carbocycles. The molecule has 0 spiro atoms. The summed E-state index contributed by atoms with van der Waals surface area (Å²) >= 11 is 13.3. The molecule has 0 aliphatic carbocycles. The van der Waals surface area contributed by atoms with Crippen molar-refractivity contribution in [3.05, 3.63) is 57.6 Å². The Balaban J connectivity index is 1.50. The van der Waals surface area contributed by atoms with Gasteiger partial charge in [0.15, 0.2) is 10.9 Å². The molecule has 9 heteroatoms. The third-order valence-corrected chi connectivity index (χ3v) is 6.03. The van der Waals surface area contributed by atoms with E-state index in [1.807, 2.05) is 4.90 Å². The van der Waals surface area contributed by atoms with Crippen molar-refractivity contribution < 1.29 is 13.6 Å². The van der Waals surface area contributed by atoms with Crippen LogP contribution in [0.15, 0.2) is 30.3 Å². The van der Waals surface area contributed by atoms with Gasteiger partial charge in [-0.1, -0.05) is 34.5 Å². The van der Waals surface area contributed by atoms with Gasteiger partial charge in [-0.3, -0.25) is 4.79 Å². The lowest BCUT2D eigenvalue weighted by atomic mass is 10.2. The molecule has 0 bridgehead atoms. The van der Waals surface area contributed by atoms with Crippen LogP contribution in [-0.4, -0.2) is 42.0 Å². The van der Waals surface area contributed by atoms with Crippen LogP contribution in [0, 0.1) is 11.6 Å². The maximum atomic E-state index is 13.9. The predicted molar refractivity (Wildman–Crippen MR) is 104 cm³/mol. The number of piperazine rings is 1. The fourth-order valence-corrected chi connectivity index (χ4v) is 4.44. The Bertz CT molecular complexity index is 1030. The zero-order valence-corrected chi connectivity index (χ0v) is 16.2. The first kappa shape index (κ1) is 18.4. The highest BCUT2D eigenvalue weighted by Gasteiger charge is 2.25. The van der Waals surface area contributed by atoms with E-state index in [2.05, 4.69) is 4.98 Å². The van der Waals surface area contributed by atoms with Gasteiger partial charge >= 0.3 is 0 Å². The highest BCUT2D eigenvalue weighted by molar-refractivity contribution is 7.22. The molecule has 3 aromatic rings. The quantitative estimate of drug-likeness (QED) is 0.586. The normalized spacial score (nSPS) is 14.8. The van der Waals surface area contributed by atoms with E-state index in [-0.39, 0.29) is 11.4 Å². The number of hydrogen-bond acceptors (Lipinski definition) is 4. The van der Waals surface area contributed by atoms with Crippen LogP contribution in [-0.2, 0) is 0 Å². The van der Waals surface area contributed by atoms with Gasteiger partial charge in [0, 0.05) is 37.3 Å². The Hall–Kier alpha value is -1.96. The summed E-state index contributed by atoms with van der Waals surface area (Å²) < 4.78 is 27.7. The molecule has 0 radical (unpaired) electrons. The molecule has 4 nitrogen and oxygen atoms in total. The monoisotopic (exact) mass is 427 g/mol. The molecule has 2 heterocycles. The van der Waals surface area contributed by atoms with Gasteiger partial charge in [0.25, 0.3) is 5.91 Å². The number of carbonyl (C=O) groups is 1. The predicted octanol–water partition coefficient (Wildman–Crippen LogP) is 4.84. The number of aromatic nitrogens is 1. The van der Waals surface area contributed by atoms with Crippen LogP contribution >= 0.6 is 34.5 Å². The summed E-state index contributed by atoms with van der Waals surface area (Å²) in [6.45, 7) is 2.00. The van der Waals surface area contributed by atoms with Crippen molar-refractivity contribution >= 4 is 55.8 Å². The van der Waals surface area contributed by atoms with E-state index in [0.717, 1.165) is 6.07 Å². The minimum Gasteiger partial charge on any atom is -0.345 e. The number of rotatable bonds is 2. The zero-order valence-electron chi connectivity index (χ0n) is 13.9. The number of halogens is 4. The second-order valence-electron chi connectivity index (χ2n) is 6.13. The molecule has 1 fully saturated rings. The van der Waals surface area contributed by atoms with E-state index in [9.17, 15) is 13.6 Å². The Morgan fingerprint density at radius 2 is 1.81 bits per heavy atom. The molecule has 4 rings (SSSR count). The molecule has 1 saturated heterocycles. The van der Waals surface area contributed by atoms with Crippen LogP contribution in [0.2, 0.25) is 10.0 Å².